The van der Waals surface area contributed by atoms with Crippen molar-refractivity contribution < 1.29 is 14.3 Å². The molecule has 0 saturated heterocycles. The summed E-state index contributed by atoms with van der Waals surface area (Å²) in [5.74, 6) is 1.61. The van der Waals surface area contributed by atoms with Crippen LogP contribution >= 0.6 is 0 Å². The number of hydrogen-bond acceptors (Lipinski definition) is 4. The summed E-state index contributed by atoms with van der Waals surface area (Å²) in [7, 11) is 1.69. The maximum atomic E-state index is 12.0. The Labute approximate surface area is 178 Å². The number of ether oxygens (including phenoxy) is 2. The number of amides is 1. The van der Waals surface area contributed by atoms with E-state index in [1.54, 1.807) is 7.11 Å². The molecule has 0 aromatic heterocycles. The van der Waals surface area contributed by atoms with Crippen molar-refractivity contribution in [2.75, 3.05) is 33.4 Å². The second-order valence-corrected chi connectivity index (χ2v) is 7.94. The maximum Gasteiger partial charge on any atom is 0.252 e. The first-order valence-electron chi connectivity index (χ1n) is 10.8. The zero-order valence-electron chi connectivity index (χ0n) is 17.9. The van der Waals surface area contributed by atoms with E-state index in [-0.39, 0.29) is 5.91 Å². The fourth-order valence-corrected chi connectivity index (χ4v) is 4.29. The molecule has 0 saturated carbocycles. The largest absolute Gasteiger partial charge is 0.497 e. The smallest absolute Gasteiger partial charge is 0.252 e. The van der Waals surface area contributed by atoms with Gasteiger partial charge >= 0.3 is 0 Å². The quantitative estimate of drug-likeness (QED) is 0.746. The third-order valence-electron chi connectivity index (χ3n) is 5.99. The molecular formula is C25H30N2O3. The van der Waals surface area contributed by atoms with Crippen LogP contribution in [-0.2, 0) is 6.54 Å². The van der Waals surface area contributed by atoms with E-state index in [1.165, 1.54) is 23.1 Å². The summed E-state index contributed by atoms with van der Waals surface area (Å²) in [5, 5.41) is 2.86. The molecule has 30 heavy (non-hydrogen) atoms. The minimum absolute atomic E-state index is 0.0155. The van der Waals surface area contributed by atoms with Crippen LogP contribution in [0.5, 0.6) is 11.5 Å². The van der Waals surface area contributed by atoms with Crippen LogP contribution < -0.4 is 14.8 Å². The van der Waals surface area contributed by atoms with Gasteiger partial charge in [0.2, 0.25) is 0 Å². The van der Waals surface area contributed by atoms with Crippen LogP contribution in [0.15, 0.2) is 48.0 Å². The first kappa shape index (κ1) is 20.5. The second-order valence-electron chi connectivity index (χ2n) is 7.94. The van der Waals surface area contributed by atoms with Crippen molar-refractivity contribution in [2.24, 2.45) is 0 Å². The van der Waals surface area contributed by atoms with Gasteiger partial charge in [-0.1, -0.05) is 25.1 Å². The van der Waals surface area contributed by atoms with Crippen molar-refractivity contribution in [1.82, 2.24) is 10.2 Å². The van der Waals surface area contributed by atoms with Gasteiger partial charge in [0.15, 0.2) is 0 Å². The monoisotopic (exact) mass is 406 g/mol. The van der Waals surface area contributed by atoms with E-state index < -0.39 is 0 Å². The minimum atomic E-state index is -0.0155. The molecule has 0 aliphatic carbocycles. The number of nitrogens with zero attached hydrogens (tertiary/aromatic N) is 1. The standard InChI is InChI=1S/C25H30N2O3/c1-3-12-27-13-10-20(23(11-14-27)18-4-7-21(29-2)8-5-18)17-30-22-9-6-19-16-26-25(28)24(19)15-22/h4-9,15H,3,10-14,16-17H2,1-2H3,(H,26,28). The van der Waals surface area contributed by atoms with Gasteiger partial charge in [-0.3, -0.25) is 4.79 Å². The van der Waals surface area contributed by atoms with E-state index in [1.807, 2.05) is 30.3 Å². The molecule has 2 heterocycles. The molecule has 2 aliphatic heterocycles. The maximum absolute atomic E-state index is 12.0. The lowest BCUT2D eigenvalue weighted by atomic mass is 9.96. The lowest BCUT2D eigenvalue weighted by Crippen LogP contribution is -2.25. The summed E-state index contributed by atoms with van der Waals surface area (Å²) in [6, 6.07) is 14.1. The molecular weight excluding hydrogens is 376 g/mol. The Balaban J connectivity index is 1.56. The minimum Gasteiger partial charge on any atom is -0.497 e. The van der Waals surface area contributed by atoms with Crippen molar-refractivity contribution in [3.63, 3.8) is 0 Å². The Kier molecular flexibility index (Phi) is 6.38. The molecule has 0 fully saturated rings. The molecule has 158 valence electrons. The Morgan fingerprint density at radius 3 is 2.57 bits per heavy atom. The normalized spacial score (nSPS) is 16.8. The highest BCUT2D eigenvalue weighted by Gasteiger charge is 2.20. The second kappa shape index (κ2) is 9.35. The fourth-order valence-electron chi connectivity index (χ4n) is 4.29. The SMILES string of the molecule is CCCN1CCC(COc2ccc3c(c2)C(=O)NC3)=C(c2ccc(OC)cc2)CC1. The molecule has 5 nitrogen and oxygen atoms in total. The molecule has 2 aromatic carbocycles. The predicted octanol–water partition coefficient (Wildman–Crippen LogP) is 4.28. The molecule has 0 bridgehead atoms. The lowest BCUT2D eigenvalue weighted by Gasteiger charge is -2.18. The number of carbonyl (C=O) groups excluding carboxylic acids is 1. The number of rotatable bonds is 7. The number of carbonyl (C=O) groups is 1. The summed E-state index contributed by atoms with van der Waals surface area (Å²) in [5.41, 5.74) is 5.71. The van der Waals surface area contributed by atoms with Crippen LogP contribution in [0, 0.1) is 0 Å². The molecule has 0 spiro atoms. The van der Waals surface area contributed by atoms with Gasteiger partial charge in [0.25, 0.3) is 5.91 Å². The highest BCUT2D eigenvalue weighted by molar-refractivity contribution is 5.98. The summed E-state index contributed by atoms with van der Waals surface area (Å²) < 4.78 is 11.5. The number of nitrogens with one attached hydrogen (secondary N) is 1. The predicted molar refractivity (Wildman–Crippen MR) is 119 cm³/mol. The molecule has 1 N–H and O–H groups in total. The zero-order valence-corrected chi connectivity index (χ0v) is 17.9. The van der Waals surface area contributed by atoms with Crippen LogP contribution in [0.3, 0.4) is 0 Å². The van der Waals surface area contributed by atoms with Crippen LogP contribution in [0.1, 0.15) is 47.7 Å². The Morgan fingerprint density at radius 1 is 1.03 bits per heavy atom. The average molecular weight is 407 g/mol. The van der Waals surface area contributed by atoms with Gasteiger partial charge in [0, 0.05) is 25.2 Å². The van der Waals surface area contributed by atoms with Gasteiger partial charge in [-0.05, 0) is 72.3 Å². The lowest BCUT2D eigenvalue weighted by molar-refractivity contribution is 0.0965. The number of methoxy groups -OCH3 is 1. The van der Waals surface area contributed by atoms with E-state index in [0.717, 1.165) is 55.1 Å². The van der Waals surface area contributed by atoms with Crippen molar-refractivity contribution >= 4 is 11.5 Å². The summed E-state index contributed by atoms with van der Waals surface area (Å²) >= 11 is 0. The van der Waals surface area contributed by atoms with Crippen molar-refractivity contribution in [1.29, 1.82) is 0 Å². The molecule has 2 aromatic rings. The van der Waals surface area contributed by atoms with E-state index in [0.29, 0.717) is 13.2 Å². The van der Waals surface area contributed by atoms with Crippen LogP contribution in [0.2, 0.25) is 0 Å². The molecule has 2 aliphatic rings. The Hall–Kier alpha value is -2.79. The summed E-state index contributed by atoms with van der Waals surface area (Å²) in [4.78, 5) is 14.5. The molecule has 0 unspecified atom stereocenters. The Bertz CT molecular complexity index is 934. The van der Waals surface area contributed by atoms with E-state index >= 15 is 0 Å². The van der Waals surface area contributed by atoms with E-state index in [2.05, 4.69) is 29.3 Å². The summed E-state index contributed by atoms with van der Waals surface area (Å²) in [6.07, 6.45) is 3.17. The topological polar surface area (TPSA) is 50.8 Å². The third kappa shape index (κ3) is 4.51. The van der Waals surface area contributed by atoms with Gasteiger partial charge < -0.3 is 19.7 Å². The van der Waals surface area contributed by atoms with Crippen LogP contribution in [0.25, 0.3) is 5.57 Å². The molecule has 5 heteroatoms. The van der Waals surface area contributed by atoms with Gasteiger partial charge in [-0.15, -0.1) is 0 Å². The first-order chi connectivity index (χ1) is 14.7. The highest BCUT2D eigenvalue weighted by atomic mass is 16.5. The van der Waals surface area contributed by atoms with Crippen LogP contribution in [-0.4, -0.2) is 44.2 Å². The number of hydrogen-bond donors (Lipinski definition) is 1. The van der Waals surface area contributed by atoms with Gasteiger partial charge in [0.05, 0.1) is 7.11 Å². The molecule has 0 radical (unpaired) electrons. The van der Waals surface area contributed by atoms with Crippen molar-refractivity contribution in [3.8, 4) is 11.5 Å². The van der Waals surface area contributed by atoms with E-state index in [9.17, 15) is 4.79 Å². The fraction of sp³-hybridized carbons (Fsp3) is 0.400. The summed E-state index contributed by atoms with van der Waals surface area (Å²) in [6.45, 7) is 6.63. The van der Waals surface area contributed by atoms with Crippen molar-refractivity contribution in [2.45, 2.75) is 32.7 Å². The van der Waals surface area contributed by atoms with Gasteiger partial charge in [-0.2, -0.15) is 0 Å². The molecule has 4 rings (SSSR count). The zero-order chi connectivity index (χ0) is 20.9. The highest BCUT2D eigenvalue weighted by Crippen LogP contribution is 2.30. The average Bonchev–Trinajstić information content (AvgIpc) is 3.02. The number of fused-ring (bicyclic) bond motifs is 1. The third-order valence-corrected chi connectivity index (χ3v) is 5.99. The molecule has 1 amide bonds. The number of benzene rings is 2. The van der Waals surface area contributed by atoms with Gasteiger partial charge in [0.1, 0.15) is 18.1 Å². The first-order valence-corrected chi connectivity index (χ1v) is 10.8. The van der Waals surface area contributed by atoms with E-state index in [4.69, 9.17) is 9.47 Å². The van der Waals surface area contributed by atoms with Crippen LogP contribution in [0.4, 0.5) is 0 Å². The Morgan fingerprint density at radius 2 is 1.80 bits per heavy atom. The van der Waals surface area contributed by atoms with Crippen molar-refractivity contribution in [3.05, 3.63) is 64.7 Å². The molecule has 0 atom stereocenters. The van der Waals surface area contributed by atoms with Gasteiger partial charge in [-0.25, -0.2) is 0 Å².